The summed E-state index contributed by atoms with van der Waals surface area (Å²) in [6.07, 6.45) is 19.5. The van der Waals surface area contributed by atoms with E-state index in [-0.39, 0.29) is 0 Å². The van der Waals surface area contributed by atoms with Gasteiger partial charge in [-0.25, -0.2) is 0 Å². The lowest BCUT2D eigenvalue weighted by Crippen LogP contribution is -2.04. The number of aryl methyl sites for hydroxylation is 1. The van der Waals surface area contributed by atoms with Crippen LogP contribution in [0, 0.1) is 0 Å². The van der Waals surface area contributed by atoms with Crippen molar-refractivity contribution in [2.24, 2.45) is 0 Å². The van der Waals surface area contributed by atoms with E-state index in [4.69, 9.17) is 9.47 Å². The molecule has 1 atom stereocenters. The van der Waals surface area contributed by atoms with Crippen LogP contribution < -0.4 is 4.74 Å². The second-order valence-electron chi connectivity index (χ2n) is 7.19. The Bertz CT molecular complexity index is 477. The Kier molecular flexibility index (Phi) is 10.4. The topological polar surface area (TPSA) is 21.8 Å². The molecular weight excluding hydrogens is 308 g/mol. The van der Waals surface area contributed by atoms with Crippen LogP contribution in [0.2, 0.25) is 0 Å². The van der Waals surface area contributed by atoms with Crippen molar-refractivity contribution in [3.63, 3.8) is 0 Å². The average Bonchev–Trinajstić information content (AvgIpc) is 3.46. The molecule has 0 aliphatic carbocycles. The van der Waals surface area contributed by atoms with Crippen LogP contribution in [0.3, 0.4) is 0 Å². The van der Waals surface area contributed by atoms with Crippen molar-refractivity contribution in [3.05, 3.63) is 42.0 Å². The summed E-state index contributed by atoms with van der Waals surface area (Å²) >= 11 is 0. The second-order valence-corrected chi connectivity index (χ2v) is 7.19. The Balaban J connectivity index is 1.44. The Morgan fingerprint density at radius 1 is 1.00 bits per heavy atom. The van der Waals surface area contributed by atoms with Crippen molar-refractivity contribution in [2.45, 2.75) is 83.7 Å². The van der Waals surface area contributed by atoms with Crippen LogP contribution in [-0.2, 0) is 11.2 Å². The first-order valence-electron chi connectivity index (χ1n) is 10.4. The highest BCUT2D eigenvalue weighted by atomic mass is 16.6. The van der Waals surface area contributed by atoms with Gasteiger partial charge < -0.3 is 9.47 Å². The van der Waals surface area contributed by atoms with Gasteiger partial charge in [-0.3, -0.25) is 0 Å². The first kappa shape index (κ1) is 20.0. The SMILES string of the molecule is CCCCC/C=C/CCCCCCCc1cccc(OCC2CO2)c1. The molecule has 0 bridgehead atoms. The molecule has 0 saturated carbocycles. The molecule has 0 amide bonds. The highest BCUT2D eigenvalue weighted by Gasteiger charge is 2.22. The Hall–Kier alpha value is -1.28. The molecule has 1 aromatic carbocycles. The summed E-state index contributed by atoms with van der Waals surface area (Å²) in [5, 5.41) is 0. The summed E-state index contributed by atoms with van der Waals surface area (Å²) in [6, 6.07) is 8.54. The van der Waals surface area contributed by atoms with Gasteiger partial charge in [-0.1, -0.05) is 63.3 Å². The lowest BCUT2D eigenvalue weighted by atomic mass is 10.0. The zero-order valence-electron chi connectivity index (χ0n) is 16.1. The molecule has 2 nitrogen and oxygen atoms in total. The smallest absolute Gasteiger partial charge is 0.119 e. The number of epoxide rings is 1. The van der Waals surface area contributed by atoms with E-state index in [0.29, 0.717) is 12.7 Å². The normalized spacial score (nSPS) is 16.4. The van der Waals surface area contributed by atoms with Crippen LogP contribution in [-0.4, -0.2) is 19.3 Å². The maximum Gasteiger partial charge on any atom is 0.119 e. The Morgan fingerprint density at radius 3 is 2.48 bits per heavy atom. The quantitative estimate of drug-likeness (QED) is 0.206. The van der Waals surface area contributed by atoms with E-state index in [1.54, 1.807) is 0 Å². The number of hydrogen-bond donors (Lipinski definition) is 0. The summed E-state index contributed by atoms with van der Waals surface area (Å²) in [6.45, 7) is 3.81. The molecule has 1 fully saturated rings. The van der Waals surface area contributed by atoms with E-state index in [2.05, 4.69) is 37.3 Å². The van der Waals surface area contributed by atoms with E-state index in [0.717, 1.165) is 18.8 Å². The first-order valence-corrected chi connectivity index (χ1v) is 10.4. The van der Waals surface area contributed by atoms with Crippen LogP contribution in [0.1, 0.15) is 76.7 Å². The monoisotopic (exact) mass is 344 g/mol. The van der Waals surface area contributed by atoms with Gasteiger partial charge >= 0.3 is 0 Å². The fraction of sp³-hybridized carbons (Fsp3) is 0.652. The molecule has 1 aliphatic heterocycles. The number of allylic oxidation sites excluding steroid dienone is 2. The summed E-state index contributed by atoms with van der Waals surface area (Å²) in [5.74, 6) is 0.985. The third kappa shape index (κ3) is 10.3. The molecule has 140 valence electrons. The van der Waals surface area contributed by atoms with Gasteiger partial charge in [0.05, 0.1) is 6.61 Å². The van der Waals surface area contributed by atoms with Crippen molar-refractivity contribution in [2.75, 3.05) is 13.2 Å². The standard InChI is InChI=1S/C23H36O2/c1-2-3-4-5-6-7-8-9-10-11-12-13-15-21-16-14-17-22(18-21)24-19-23-20-25-23/h6-7,14,16-18,23H,2-5,8-13,15,19-20H2,1H3/b7-6+. The molecular formula is C23H36O2. The zero-order valence-corrected chi connectivity index (χ0v) is 16.1. The molecule has 25 heavy (non-hydrogen) atoms. The number of rotatable bonds is 15. The third-order valence-corrected chi connectivity index (χ3v) is 4.71. The molecule has 1 heterocycles. The zero-order chi connectivity index (χ0) is 17.6. The molecule has 0 N–H and O–H groups in total. The molecule has 0 spiro atoms. The van der Waals surface area contributed by atoms with E-state index >= 15 is 0 Å². The third-order valence-electron chi connectivity index (χ3n) is 4.71. The van der Waals surface area contributed by atoms with E-state index in [9.17, 15) is 0 Å². The van der Waals surface area contributed by atoms with E-state index in [1.165, 1.54) is 69.8 Å². The molecule has 0 radical (unpaired) electrons. The Labute approximate surface area is 154 Å². The summed E-state index contributed by atoms with van der Waals surface area (Å²) < 4.78 is 10.9. The molecule has 1 aliphatic rings. The van der Waals surface area contributed by atoms with Crippen molar-refractivity contribution < 1.29 is 9.47 Å². The van der Waals surface area contributed by atoms with Gasteiger partial charge in [-0.2, -0.15) is 0 Å². The minimum atomic E-state index is 0.329. The average molecular weight is 345 g/mol. The second kappa shape index (κ2) is 13.0. The van der Waals surface area contributed by atoms with E-state index < -0.39 is 0 Å². The van der Waals surface area contributed by atoms with Crippen LogP contribution in [0.5, 0.6) is 5.75 Å². The molecule has 1 unspecified atom stereocenters. The largest absolute Gasteiger partial charge is 0.491 e. The van der Waals surface area contributed by atoms with Crippen LogP contribution in [0.25, 0.3) is 0 Å². The van der Waals surface area contributed by atoms with Crippen LogP contribution >= 0.6 is 0 Å². The van der Waals surface area contributed by atoms with Gasteiger partial charge in [0.1, 0.15) is 18.5 Å². The summed E-state index contributed by atoms with van der Waals surface area (Å²) in [7, 11) is 0. The first-order chi connectivity index (χ1) is 12.4. The number of unbranched alkanes of at least 4 members (excludes halogenated alkanes) is 8. The molecule has 0 aromatic heterocycles. The minimum absolute atomic E-state index is 0.329. The van der Waals surface area contributed by atoms with Gasteiger partial charge in [0, 0.05) is 0 Å². The predicted molar refractivity (Wildman–Crippen MR) is 106 cm³/mol. The lowest BCUT2D eigenvalue weighted by Gasteiger charge is -2.07. The van der Waals surface area contributed by atoms with Crippen LogP contribution in [0.15, 0.2) is 36.4 Å². The van der Waals surface area contributed by atoms with Gasteiger partial charge in [-0.15, -0.1) is 0 Å². The minimum Gasteiger partial charge on any atom is -0.491 e. The van der Waals surface area contributed by atoms with Crippen molar-refractivity contribution in [1.82, 2.24) is 0 Å². The summed E-state index contributed by atoms with van der Waals surface area (Å²) in [5.41, 5.74) is 1.39. The summed E-state index contributed by atoms with van der Waals surface area (Å²) in [4.78, 5) is 0. The van der Waals surface area contributed by atoms with Crippen molar-refractivity contribution >= 4 is 0 Å². The molecule has 1 saturated heterocycles. The van der Waals surface area contributed by atoms with Crippen molar-refractivity contribution in [1.29, 1.82) is 0 Å². The predicted octanol–water partition coefficient (Wildman–Crippen LogP) is 6.48. The lowest BCUT2D eigenvalue weighted by molar-refractivity contribution is 0.263. The Morgan fingerprint density at radius 2 is 1.72 bits per heavy atom. The molecule has 2 rings (SSSR count). The fourth-order valence-electron chi connectivity index (χ4n) is 3.01. The maximum atomic E-state index is 5.75. The fourth-order valence-corrected chi connectivity index (χ4v) is 3.01. The van der Waals surface area contributed by atoms with Crippen molar-refractivity contribution in [3.8, 4) is 5.75 Å². The maximum absolute atomic E-state index is 5.75. The number of hydrogen-bond acceptors (Lipinski definition) is 2. The van der Waals surface area contributed by atoms with Gasteiger partial charge in [0.25, 0.3) is 0 Å². The number of ether oxygens (including phenoxy) is 2. The highest BCUT2D eigenvalue weighted by molar-refractivity contribution is 5.28. The number of benzene rings is 1. The van der Waals surface area contributed by atoms with Gasteiger partial charge in [0.15, 0.2) is 0 Å². The van der Waals surface area contributed by atoms with Gasteiger partial charge in [-0.05, 0) is 56.2 Å². The van der Waals surface area contributed by atoms with Crippen LogP contribution in [0.4, 0.5) is 0 Å². The van der Waals surface area contributed by atoms with Gasteiger partial charge in [0.2, 0.25) is 0 Å². The van der Waals surface area contributed by atoms with E-state index in [1.807, 2.05) is 6.07 Å². The molecule has 1 aromatic rings. The highest BCUT2D eigenvalue weighted by Crippen LogP contribution is 2.18. The molecule has 2 heteroatoms.